The van der Waals surface area contributed by atoms with E-state index in [1.165, 1.54) is 18.4 Å². The van der Waals surface area contributed by atoms with Gasteiger partial charge in [-0.3, -0.25) is 0 Å². The topological polar surface area (TPSA) is 38.0 Å². The molecule has 0 aliphatic carbocycles. The van der Waals surface area contributed by atoms with Gasteiger partial charge in [0, 0.05) is 17.4 Å². The third-order valence-corrected chi connectivity index (χ3v) is 2.69. The second-order valence-corrected chi connectivity index (χ2v) is 4.31. The van der Waals surface area contributed by atoms with Crippen molar-refractivity contribution >= 4 is 11.4 Å². The van der Waals surface area contributed by atoms with Crippen LogP contribution in [0.15, 0.2) is 36.4 Å². The van der Waals surface area contributed by atoms with Gasteiger partial charge in [0.15, 0.2) is 0 Å². The molecule has 1 aromatic carbocycles. The Bertz CT molecular complexity index is 327. The Morgan fingerprint density at radius 1 is 1.38 bits per heavy atom. The predicted octanol–water partition coefficient (Wildman–Crippen LogP) is 3.82. The first-order valence-electron chi connectivity index (χ1n) is 5.91. The molecule has 0 bridgehead atoms. The molecule has 1 aromatic rings. The highest BCUT2D eigenvalue weighted by Crippen LogP contribution is 2.17. The van der Waals surface area contributed by atoms with Crippen LogP contribution in [0.1, 0.15) is 33.1 Å². The molecule has 0 spiro atoms. The number of rotatable bonds is 6. The molecule has 0 aliphatic heterocycles. The Hall–Kier alpha value is -1.44. The Morgan fingerprint density at radius 2 is 2.00 bits per heavy atom. The first-order valence-corrected chi connectivity index (χ1v) is 5.91. The van der Waals surface area contributed by atoms with Crippen LogP contribution in [0.2, 0.25) is 0 Å². The standard InChI is InChI=1S/C14H22N2/c1-4-5-6-14(11(2)3)16-13-9-7-12(15)8-10-13/h7-10,14,16H,2,4-6,15H2,1,3H3. The minimum absolute atomic E-state index is 0.364. The van der Waals surface area contributed by atoms with Crippen LogP contribution < -0.4 is 11.1 Å². The number of hydrogen-bond acceptors (Lipinski definition) is 2. The Labute approximate surface area is 98.6 Å². The number of nitrogens with two attached hydrogens (primary N) is 1. The molecule has 0 aliphatic rings. The molecule has 1 atom stereocenters. The van der Waals surface area contributed by atoms with E-state index in [9.17, 15) is 0 Å². The van der Waals surface area contributed by atoms with E-state index in [1.54, 1.807) is 0 Å². The van der Waals surface area contributed by atoms with Crippen LogP contribution >= 0.6 is 0 Å². The normalized spacial score (nSPS) is 12.1. The highest BCUT2D eigenvalue weighted by atomic mass is 14.9. The van der Waals surface area contributed by atoms with Gasteiger partial charge in [0.05, 0.1) is 0 Å². The van der Waals surface area contributed by atoms with Crippen molar-refractivity contribution in [2.75, 3.05) is 11.1 Å². The summed E-state index contributed by atoms with van der Waals surface area (Å²) >= 11 is 0. The van der Waals surface area contributed by atoms with E-state index in [1.807, 2.05) is 24.3 Å². The van der Waals surface area contributed by atoms with E-state index >= 15 is 0 Å². The molecule has 0 saturated carbocycles. The van der Waals surface area contributed by atoms with Gasteiger partial charge >= 0.3 is 0 Å². The fraction of sp³-hybridized carbons (Fsp3) is 0.429. The minimum Gasteiger partial charge on any atom is -0.399 e. The number of anilines is 2. The quantitative estimate of drug-likeness (QED) is 0.562. The van der Waals surface area contributed by atoms with Gasteiger partial charge in [-0.05, 0) is 37.6 Å². The summed E-state index contributed by atoms with van der Waals surface area (Å²) in [6.07, 6.45) is 3.57. The summed E-state index contributed by atoms with van der Waals surface area (Å²) in [6.45, 7) is 8.32. The molecule has 88 valence electrons. The predicted molar refractivity (Wildman–Crippen MR) is 72.6 cm³/mol. The van der Waals surface area contributed by atoms with Crippen molar-refractivity contribution in [3.8, 4) is 0 Å². The van der Waals surface area contributed by atoms with Crippen LogP contribution in [0.25, 0.3) is 0 Å². The van der Waals surface area contributed by atoms with Crippen molar-refractivity contribution in [3.05, 3.63) is 36.4 Å². The average molecular weight is 218 g/mol. The smallest absolute Gasteiger partial charge is 0.0468 e. The van der Waals surface area contributed by atoms with Gasteiger partial charge in [-0.2, -0.15) is 0 Å². The number of hydrogen-bond donors (Lipinski definition) is 2. The molecular formula is C14H22N2. The van der Waals surface area contributed by atoms with Gasteiger partial charge in [-0.25, -0.2) is 0 Å². The first kappa shape index (κ1) is 12.6. The van der Waals surface area contributed by atoms with Crippen LogP contribution in [-0.2, 0) is 0 Å². The molecular weight excluding hydrogens is 196 g/mol. The molecule has 1 unspecified atom stereocenters. The summed E-state index contributed by atoms with van der Waals surface area (Å²) in [6, 6.07) is 8.22. The summed E-state index contributed by atoms with van der Waals surface area (Å²) in [7, 11) is 0. The van der Waals surface area contributed by atoms with E-state index in [2.05, 4.69) is 25.7 Å². The van der Waals surface area contributed by atoms with E-state index in [0.717, 1.165) is 17.8 Å². The number of unbranched alkanes of at least 4 members (excludes halogenated alkanes) is 1. The van der Waals surface area contributed by atoms with Gasteiger partial charge in [0.1, 0.15) is 0 Å². The van der Waals surface area contributed by atoms with Crippen molar-refractivity contribution in [3.63, 3.8) is 0 Å². The SMILES string of the molecule is C=C(C)C(CCCC)Nc1ccc(N)cc1. The number of nitrogens with one attached hydrogen (secondary N) is 1. The summed E-state index contributed by atoms with van der Waals surface area (Å²) < 4.78 is 0. The maximum absolute atomic E-state index is 5.65. The highest BCUT2D eigenvalue weighted by molar-refractivity contribution is 5.52. The summed E-state index contributed by atoms with van der Waals surface area (Å²) in [5, 5.41) is 3.49. The Morgan fingerprint density at radius 3 is 2.50 bits per heavy atom. The van der Waals surface area contributed by atoms with Crippen LogP contribution in [0.5, 0.6) is 0 Å². The molecule has 2 heteroatoms. The van der Waals surface area contributed by atoms with Gasteiger partial charge < -0.3 is 11.1 Å². The zero-order chi connectivity index (χ0) is 12.0. The van der Waals surface area contributed by atoms with Crippen LogP contribution in [-0.4, -0.2) is 6.04 Å². The molecule has 0 heterocycles. The molecule has 3 N–H and O–H groups in total. The van der Waals surface area contributed by atoms with Gasteiger partial charge in [0.2, 0.25) is 0 Å². The lowest BCUT2D eigenvalue weighted by Crippen LogP contribution is -2.20. The fourth-order valence-corrected chi connectivity index (χ4v) is 1.63. The van der Waals surface area contributed by atoms with Crippen LogP contribution in [0, 0.1) is 0 Å². The molecule has 0 radical (unpaired) electrons. The van der Waals surface area contributed by atoms with Crippen molar-refractivity contribution < 1.29 is 0 Å². The van der Waals surface area contributed by atoms with Crippen LogP contribution in [0.4, 0.5) is 11.4 Å². The zero-order valence-corrected chi connectivity index (χ0v) is 10.3. The van der Waals surface area contributed by atoms with E-state index in [-0.39, 0.29) is 0 Å². The molecule has 0 amide bonds. The lowest BCUT2D eigenvalue weighted by molar-refractivity contribution is 0.662. The van der Waals surface area contributed by atoms with Gasteiger partial charge in [-0.15, -0.1) is 0 Å². The largest absolute Gasteiger partial charge is 0.399 e. The van der Waals surface area contributed by atoms with Crippen molar-refractivity contribution in [2.24, 2.45) is 0 Å². The summed E-state index contributed by atoms with van der Waals surface area (Å²) in [5.74, 6) is 0. The second-order valence-electron chi connectivity index (χ2n) is 4.31. The maximum Gasteiger partial charge on any atom is 0.0468 e. The first-order chi connectivity index (χ1) is 7.63. The third-order valence-electron chi connectivity index (χ3n) is 2.69. The van der Waals surface area contributed by atoms with Crippen molar-refractivity contribution in [2.45, 2.75) is 39.2 Å². The number of nitrogen functional groups attached to an aromatic ring is 1. The summed E-state index contributed by atoms with van der Waals surface area (Å²) in [5.41, 5.74) is 8.74. The van der Waals surface area contributed by atoms with E-state index < -0.39 is 0 Å². The lowest BCUT2D eigenvalue weighted by atomic mass is 10.0. The molecule has 0 saturated heterocycles. The molecule has 2 nitrogen and oxygen atoms in total. The maximum atomic E-state index is 5.65. The van der Waals surface area contributed by atoms with Crippen molar-refractivity contribution in [1.29, 1.82) is 0 Å². The minimum atomic E-state index is 0.364. The Balaban J connectivity index is 2.60. The third kappa shape index (κ3) is 3.97. The van der Waals surface area contributed by atoms with Gasteiger partial charge in [0.25, 0.3) is 0 Å². The zero-order valence-electron chi connectivity index (χ0n) is 10.3. The molecule has 1 rings (SSSR count). The van der Waals surface area contributed by atoms with E-state index in [0.29, 0.717) is 6.04 Å². The Kier molecular flexibility index (Phi) is 4.90. The fourth-order valence-electron chi connectivity index (χ4n) is 1.63. The number of benzene rings is 1. The molecule has 0 aromatic heterocycles. The molecule has 0 fully saturated rings. The van der Waals surface area contributed by atoms with Crippen LogP contribution in [0.3, 0.4) is 0 Å². The monoisotopic (exact) mass is 218 g/mol. The summed E-state index contributed by atoms with van der Waals surface area (Å²) in [4.78, 5) is 0. The second kappa shape index (κ2) is 6.21. The van der Waals surface area contributed by atoms with E-state index in [4.69, 9.17) is 5.73 Å². The van der Waals surface area contributed by atoms with Gasteiger partial charge in [-0.1, -0.05) is 31.9 Å². The highest BCUT2D eigenvalue weighted by Gasteiger charge is 2.08. The average Bonchev–Trinajstić information content (AvgIpc) is 2.26. The van der Waals surface area contributed by atoms with Crippen molar-refractivity contribution in [1.82, 2.24) is 0 Å². The lowest BCUT2D eigenvalue weighted by Gasteiger charge is -2.20. The molecule has 16 heavy (non-hydrogen) atoms.